The number of aliphatic hydroxyl groups excluding tert-OH is 1. The Hall–Kier alpha value is -1.91. The topological polar surface area (TPSA) is 119 Å². The van der Waals surface area contributed by atoms with E-state index in [4.69, 9.17) is 18.3 Å². The smallest absolute Gasteiger partial charge is 0.403 e. The minimum atomic E-state index is -0.865. The second kappa shape index (κ2) is 6.92. The van der Waals surface area contributed by atoms with Gasteiger partial charge in [-0.1, -0.05) is 0 Å². The highest BCUT2D eigenvalue weighted by Crippen LogP contribution is 2.46. The number of nitrogens with zero attached hydrogens (tertiary/aromatic N) is 1. The fraction of sp³-hybridized carbons (Fsp3) is 0.647. The number of rotatable bonds is 4. The van der Waals surface area contributed by atoms with Crippen LogP contribution in [0.3, 0.4) is 0 Å². The van der Waals surface area contributed by atoms with Gasteiger partial charge in [-0.3, -0.25) is 4.79 Å². The zero-order chi connectivity index (χ0) is 19.3. The third-order valence-corrected chi connectivity index (χ3v) is 6.67. The molecule has 27 heavy (non-hydrogen) atoms. The molecule has 5 atom stereocenters. The summed E-state index contributed by atoms with van der Waals surface area (Å²) in [7, 11) is 0. The summed E-state index contributed by atoms with van der Waals surface area (Å²) < 4.78 is 21.9. The average molecular weight is 398 g/mol. The van der Waals surface area contributed by atoms with E-state index in [0.29, 0.717) is 11.7 Å². The molecular weight excluding hydrogens is 378 g/mol. The Morgan fingerprint density at radius 2 is 2.19 bits per heavy atom. The number of carbonyl (C=O) groups excluding carboxylic acids is 2. The number of ketones is 1. The molecule has 1 amide bonds. The molecule has 0 bridgehead atoms. The molecule has 1 unspecified atom stereocenters. The molecule has 0 aromatic carbocycles. The number of thioether (sulfide) groups is 1. The summed E-state index contributed by atoms with van der Waals surface area (Å²) >= 11 is 1.41. The highest BCUT2D eigenvalue weighted by atomic mass is 32.2. The average Bonchev–Trinajstić information content (AvgIpc) is 3.29. The van der Waals surface area contributed by atoms with Crippen molar-refractivity contribution in [2.75, 3.05) is 6.61 Å². The van der Waals surface area contributed by atoms with Gasteiger partial charge in [0, 0.05) is 6.61 Å². The second-order valence-electron chi connectivity index (χ2n) is 6.89. The van der Waals surface area contributed by atoms with E-state index in [2.05, 4.69) is 0 Å². The summed E-state index contributed by atoms with van der Waals surface area (Å²) in [6.07, 6.45) is -0.115. The van der Waals surface area contributed by atoms with Crippen LogP contribution in [0.2, 0.25) is 0 Å². The fourth-order valence-corrected chi connectivity index (χ4v) is 5.58. The SMILES string of the molecule is Cc1oc(=O)oc1COC(=O)[N+]1=C([C@H]2CCCO2)S[C@H]2C1C(=O)[C@@H]2[C@@H](C)O. The van der Waals surface area contributed by atoms with E-state index in [0.717, 1.165) is 12.8 Å². The van der Waals surface area contributed by atoms with Gasteiger partial charge in [-0.05, 0) is 38.5 Å². The molecule has 2 fully saturated rings. The number of hydrogen-bond acceptors (Lipinski definition) is 9. The zero-order valence-electron chi connectivity index (χ0n) is 14.9. The lowest BCUT2D eigenvalue weighted by Crippen LogP contribution is -2.61. The molecule has 3 heterocycles. The van der Waals surface area contributed by atoms with Crippen molar-refractivity contribution in [3.8, 4) is 0 Å². The number of fused-ring (bicyclic) bond motifs is 1. The number of Topliss-reactive ketones (excluding diaryl/α,β-unsaturated/α-hetero) is 1. The summed E-state index contributed by atoms with van der Waals surface area (Å²) in [4.78, 5) is 36.4. The van der Waals surface area contributed by atoms with Crippen LogP contribution in [0.5, 0.6) is 0 Å². The Morgan fingerprint density at radius 1 is 1.41 bits per heavy atom. The predicted octanol–water partition coefficient (Wildman–Crippen LogP) is 0.832. The Balaban J connectivity index is 1.57. The standard InChI is InChI=1S/C17H20NO8S/c1-7(19)11-13(20)12-14(11)27-15(9-4-3-5-23-9)18(12)16(21)24-6-10-8(2)25-17(22)26-10/h7,9,11-12,14,19H,3-6H2,1-2H3/q+1/t7-,9-,11+,12?,14-/m1/s1. The van der Waals surface area contributed by atoms with Crippen LogP contribution in [0.4, 0.5) is 4.79 Å². The molecule has 2 aliphatic heterocycles. The van der Waals surface area contributed by atoms with Crippen LogP contribution < -0.4 is 5.82 Å². The largest absolute Gasteiger partial charge is 0.598 e. The third-order valence-electron chi connectivity index (χ3n) is 5.14. The molecule has 9 nitrogen and oxygen atoms in total. The fourth-order valence-electron chi connectivity index (χ4n) is 3.77. The molecule has 1 aliphatic carbocycles. The van der Waals surface area contributed by atoms with E-state index in [1.54, 1.807) is 6.92 Å². The number of aliphatic hydroxyl groups is 1. The zero-order valence-corrected chi connectivity index (χ0v) is 15.7. The maximum atomic E-state index is 12.8. The normalized spacial score (nSPS) is 31.0. The van der Waals surface area contributed by atoms with Gasteiger partial charge in [0.1, 0.15) is 6.10 Å². The summed E-state index contributed by atoms with van der Waals surface area (Å²) in [6, 6.07) is -0.668. The van der Waals surface area contributed by atoms with Gasteiger partial charge in [0.05, 0.1) is 17.3 Å². The summed E-state index contributed by atoms with van der Waals surface area (Å²) in [5.41, 5.74) is 0. The highest BCUT2D eigenvalue weighted by molar-refractivity contribution is 8.14. The van der Waals surface area contributed by atoms with Crippen LogP contribution in [0.25, 0.3) is 0 Å². The molecule has 1 aromatic rings. The van der Waals surface area contributed by atoms with Gasteiger partial charge >= 0.3 is 11.9 Å². The van der Waals surface area contributed by atoms with Crippen molar-refractivity contribution in [3.63, 3.8) is 0 Å². The second-order valence-corrected chi connectivity index (χ2v) is 8.09. The van der Waals surface area contributed by atoms with Crippen LogP contribution in [-0.2, 0) is 20.9 Å². The molecule has 0 radical (unpaired) electrons. The van der Waals surface area contributed by atoms with E-state index in [-0.39, 0.29) is 35.3 Å². The Labute approximate surface area is 158 Å². The van der Waals surface area contributed by atoms with E-state index in [1.807, 2.05) is 0 Å². The molecule has 4 rings (SSSR count). The minimum absolute atomic E-state index is 0.122. The van der Waals surface area contributed by atoms with Gasteiger partial charge in [0.15, 0.2) is 18.1 Å². The maximum Gasteiger partial charge on any atom is 0.598 e. The Morgan fingerprint density at radius 3 is 2.78 bits per heavy atom. The van der Waals surface area contributed by atoms with Crippen molar-refractivity contribution in [3.05, 3.63) is 22.1 Å². The molecule has 1 saturated carbocycles. The Kier molecular flexibility index (Phi) is 4.73. The summed E-state index contributed by atoms with van der Waals surface area (Å²) in [5, 5.41) is 10.3. The number of carbonyl (C=O) groups is 2. The molecule has 0 spiro atoms. The van der Waals surface area contributed by atoms with Gasteiger partial charge in [0.25, 0.3) is 5.04 Å². The van der Waals surface area contributed by atoms with Crippen LogP contribution in [0.1, 0.15) is 31.3 Å². The predicted molar refractivity (Wildman–Crippen MR) is 91.8 cm³/mol. The maximum absolute atomic E-state index is 12.8. The first-order chi connectivity index (χ1) is 12.9. The van der Waals surface area contributed by atoms with Gasteiger partial charge < -0.3 is 23.4 Å². The van der Waals surface area contributed by atoms with E-state index in [9.17, 15) is 19.5 Å². The van der Waals surface area contributed by atoms with Crippen molar-refractivity contribution >= 4 is 28.7 Å². The Bertz CT molecular complexity index is 863. The third kappa shape index (κ3) is 3.05. The van der Waals surface area contributed by atoms with Crippen molar-refractivity contribution in [2.24, 2.45) is 5.92 Å². The van der Waals surface area contributed by atoms with E-state index < -0.39 is 30.0 Å². The van der Waals surface area contributed by atoms with Crippen molar-refractivity contribution in [1.82, 2.24) is 0 Å². The van der Waals surface area contributed by atoms with Crippen LogP contribution in [0.15, 0.2) is 13.6 Å². The monoisotopic (exact) mass is 398 g/mol. The first-order valence-electron chi connectivity index (χ1n) is 8.80. The van der Waals surface area contributed by atoms with Crippen molar-refractivity contribution in [1.29, 1.82) is 0 Å². The van der Waals surface area contributed by atoms with Crippen LogP contribution in [0, 0.1) is 12.8 Å². The lowest BCUT2D eigenvalue weighted by atomic mass is 9.74. The minimum Gasteiger partial charge on any atom is -0.403 e. The van der Waals surface area contributed by atoms with Crippen LogP contribution >= 0.6 is 11.8 Å². The molecule has 3 aliphatic rings. The summed E-state index contributed by atoms with van der Waals surface area (Å²) in [6.45, 7) is 3.43. The first kappa shape index (κ1) is 18.5. The lowest BCUT2D eigenvalue weighted by Gasteiger charge is -2.35. The first-order valence-corrected chi connectivity index (χ1v) is 9.68. The number of hydrogen-bond donors (Lipinski definition) is 1. The van der Waals surface area contributed by atoms with E-state index in [1.165, 1.54) is 23.3 Å². The van der Waals surface area contributed by atoms with Crippen molar-refractivity contribution in [2.45, 2.75) is 56.8 Å². The van der Waals surface area contributed by atoms with Gasteiger partial charge in [-0.15, -0.1) is 4.58 Å². The lowest BCUT2D eigenvalue weighted by molar-refractivity contribution is -0.480. The molecule has 1 saturated heterocycles. The van der Waals surface area contributed by atoms with Gasteiger partial charge in [-0.2, -0.15) is 4.79 Å². The number of ether oxygens (including phenoxy) is 2. The number of amides is 1. The van der Waals surface area contributed by atoms with Crippen molar-refractivity contribution < 1.29 is 37.6 Å². The van der Waals surface area contributed by atoms with Gasteiger partial charge in [-0.25, -0.2) is 4.79 Å². The molecule has 146 valence electrons. The summed E-state index contributed by atoms with van der Waals surface area (Å²) in [5.74, 6) is -1.20. The van der Waals surface area contributed by atoms with E-state index >= 15 is 0 Å². The molecule has 1 N–H and O–H groups in total. The number of aryl methyl sites for hydroxylation is 1. The van der Waals surface area contributed by atoms with Crippen LogP contribution in [-0.4, -0.2) is 56.7 Å². The highest BCUT2D eigenvalue weighted by Gasteiger charge is 2.67. The quantitative estimate of drug-likeness (QED) is 0.736. The molecule has 1 aromatic heterocycles. The molecule has 10 heteroatoms. The molecular formula is C17H20NO8S+. The van der Waals surface area contributed by atoms with Gasteiger partial charge in [0.2, 0.25) is 11.8 Å².